The van der Waals surface area contributed by atoms with Gasteiger partial charge in [-0.05, 0) is 65.1 Å². The number of halogens is 1. The van der Waals surface area contributed by atoms with Crippen molar-refractivity contribution in [2.45, 2.75) is 33.9 Å². The Hall–Kier alpha value is -1.32. The fourth-order valence-corrected chi connectivity index (χ4v) is 2.69. The van der Waals surface area contributed by atoms with Crippen molar-refractivity contribution in [2.75, 3.05) is 6.54 Å². The van der Waals surface area contributed by atoms with Crippen LogP contribution in [0.25, 0.3) is 0 Å². The summed E-state index contributed by atoms with van der Waals surface area (Å²) in [6, 6.07) is 12.7. The second-order valence-corrected chi connectivity index (χ2v) is 6.12. The lowest BCUT2D eigenvalue weighted by Gasteiger charge is -2.12. The zero-order valence-corrected chi connectivity index (χ0v) is 14.5. The van der Waals surface area contributed by atoms with Crippen molar-refractivity contribution in [2.24, 2.45) is 0 Å². The van der Waals surface area contributed by atoms with Crippen LogP contribution in [0, 0.1) is 13.8 Å². The fourth-order valence-electron chi connectivity index (χ4n) is 2.15. The molecule has 0 aliphatic rings. The van der Waals surface area contributed by atoms with Crippen LogP contribution in [0.3, 0.4) is 0 Å². The lowest BCUT2D eigenvalue weighted by Crippen LogP contribution is -2.11. The van der Waals surface area contributed by atoms with Crippen LogP contribution in [0.1, 0.15) is 29.2 Å². The Morgan fingerprint density at radius 1 is 1.10 bits per heavy atom. The highest BCUT2D eigenvalue weighted by atomic mass is 79.9. The van der Waals surface area contributed by atoms with Crippen LogP contribution in [0.15, 0.2) is 40.9 Å². The third-order valence-corrected chi connectivity index (χ3v) is 4.08. The van der Waals surface area contributed by atoms with Crippen LogP contribution in [-0.4, -0.2) is 6.54 Å². The standard InChI is InChI=1S/C18H22BrNO/c1-4-20-11-15-7-8-18(17(19)10-15)21-12-16-9-13(2)5-6-14(16)3/h5-10,20H,4,11-12H2,1-3H3. The minimum atomic E-state index is 0.596. The van der Waals surface area contributed by atoms with E-state index in [1.54, 1.807) is 0 Å². The summed E-state index contributed by atoms with van der Waals surface area (Å²) in [5.74, 6) is 0.885. The van der Waals surface area contributed by atoms with Crippen LogP contribution in [-0.2, 0) is 13.2 Å². The molecule has 0 fully saturated rings. The minimum absolute atomic E-state index is 0.596. The molecule has 0 radical (unpaired) electrons. The van der Waals surface area contributed by atoms with Gasteiger partial charge in [0.15, 0.2) is 0 Å². The molecule has 0 amide bonds. The molecule has 0 saturated heterocycles. The predicted molar refractivity (Wildman–Crippen MR) is 91.8 cm³/mol. The molecular formula is C18H22BrNO. The maximum Gasteiger partial charge on any atom is 0.134 e. The highest BCUT2D eigenvalue weighted by molar-refractivity contribution is 9.10. The quantitative estimate of drug-likeness (QED) is 0.813. The first-order valence-corrected chi connectivity index (χ1v) is 8.07. The van der Waals surface area contributed by atoms with Gasteiger partial charge in [0.05, 0.1) is 4.47 Å². The number of nitrogens with one attached hydrogen (secondary N) is 1. The van der Waals surface area contributed by atoms with Crippen molar-refractivity contribution in [3.05, 3.63) is 63.1 Å². The summed E-state index contributed by atoms with van der Waals surface area (Å²) >= 11 is 3.59. The minimum Gasteiger partial charge on any atom is -0.488 e. The van der Waals surface area contributed by atoms with Gasteiger partial charge in [-0.3, -0.25) is 0 Å². The molecule has 0 spiro atoms. The van der Waals surface area contributed by atoms with E-state index < -0.39 is 0 Å². The number of aryl methyl sites for hydroxylation is 2. The van der Waals surface area contributed by atoms with Crippen LogP contribution >= 0.6 is 15.9 Å². The highest BCUT2D eigenvalue weighted by Crippen LogP contribution is 2.27. The van der Waals surface area contributed by atoms with E-state index in [1.165, 1.54) is 22.3 Å². The van der Waals surface area contributed by atoms with Crippen molar-refractivity contribution in [3.8, 4) is 5.75 Å². The summed E-state index contributed by atoms with van der Waals surface area (Å²) in [6.07, 6.45) is 0. The second kappa shape index (κ2) is 7.62. The van der Waals surface area contributed by atoms with Gasteiger partial charge in [0.2, 0.25) is 0 Å². The summed E-state index contributed by atoms with van der Waals surface area (Å²) < 4.78 is 6.95. The Balaban J connectivity index is 2.04. The molecule has 112 valence electrons. The lowest BCUT2D eigenvalue weighted by atomic mass is 10.1. The SMILES string of the molecule is CCNCc1ccc(OCc2cc(C)ccc2C)c(Br)c1. The molecule has 1 N–H and O–H groups in total. The molecule has 2 rings (SSSR count). The summed E-state index contributed by atoms with van der Waals surface area (Å²) in [4.78, 5) is 0. The number of hydrogen-bond donors (Lipinski definition) is 1. The zero-order chi connectivity index (χ0) is 15.2. The van der Waals surface area contributed by atoms with Gasteiger partial charge in [-0.1, -0.05) is 36.8 Å². The zero-order valence-electron chi connectivity index (χ0n) is 12.9. The van der Waals surface area contributed by atoms with Gasteiger partial charge in [-0.2, -0.15) is 0 Å². The molecule has 0 heterocycles. The number of ether oxygens (including phenoxy) is 1. The normalized spacial score (nSPS) is 10.7. The molecule has 0 bridgehead atoms. The Kier molecular flexibility index (Phi) is 5.83. The largest absolute Gasteiger partial charge is 0.488 e. The van der Waals surface area contributed by atoms with E-state index in [1.807, 2.05) is 6.07 Å². The Morgan fingerprint density at radius 2 is 1.90 bits per heavy atom. The smallest absolute Gasteiger partial charge is 0.134 e. The van der Waals surface area contributed by atoms with Crippen molar-refractivity contribution in [3.63, 3.8) is 0 Å². The van der Waals surface area contributed by atoms with Gasteiger partial charge in [0.25, 0.3) is 0 Å². The molecule has 0 unspecified atom stereocenters. The first-order chi connectivity index (χ1) is 10.1. The van der Waals surface area contributed by atoms with Crippen LogP contribution in [0.4, 0.5) is 0 Å². The molecular weight excluding hydrogens is 326 g/mol. The highest BCUT2D eigenvalue weighted by Gasteiger charge is 2.05. The molecule has 2 nitrogen and oxygen atoms in total. The molecule has 0 aliphatic carbocycles. The first-order valence-electron chi connectivity index (χ1n) is 7.28. The van der Waals surface area contributed by atoms with Gasteiger partial charge in [0, 0.05) is 6.54 Å². The van der Waals surface area contributed by atoms with Crippen molar-refractivity contribution < 1.29 is 4.74 Å². The fraction of sp³-hybridized carbons (Fsp3) is 0.333. The van der Waals surface area contributed by atoms with Crippen molar-refractivity contribution in [1.29, 1.82) is 0 Å². The summed E-state index contributed by atoms with van der Waals surface area (Å²) in [6.45, 7) is 8.78. The van der Waals surface area contributed by atoms with Gasteiger partial charge >= 0.3 is 0 Å². The van der Waals surface area contributed by atoms with E-state index in [9.17, 15) is 0 Å². The lowest BCUT2D eigenvalue weighted by molar-refractivity contribution is 0.303. The number of hydrogen-bond acceptors (Lipinski definition) is 2. The molecule has 2 aromatic carbocycles. The Labute approximate surface area is 135 Å². The van der Waals surface area contributed by atoms with Crippen LogP contribution in [0.2, 0.25) is 0 Å². The monoisotopic (exact) mass is 347 g/mol. The Bertz CT molecular complexity index is 610. The molecule has 2 aromatic rings. The van der Waals surface area contributed by atoms with Crippen LogP contribution < -0.4 is 10.1 Å². The predicted octanol–water partition coefficient (Wildman–Crippen LogP) is 4.75. The third kappa shape index (κ3) is 4.58. The summed E-state index contributed by atoms with van der Waals surface area (Å²) in [7, 11) is 0. The molecule has 0 aromatic heterocycles. The third-order valence-electron chi connectivity index (χ3n) is 3.46. The van der Waals surface area contributed by atoms with Crippen molar-refractivity contribution in [1.82, 2.24) is 5.32 Å². The molecule has 3 heteroatoms. The van der Waals surface area contributed by atoms with Gasteiger partial charge < -0.3 is 10.1 Å². The number of benzene rings is 2. The van der Waals surface area contributed by atoms with Crippen molar-refractivity contribution >= 4 is 15.9 Å². The molecule has 21 heavy (non-hydrogen) atoms. The maximum atomic E-state index is 5.95. The van der Waals surface area contributed by atoms with Gasteiger partial charge in [0.1, 0.15) is 12.4 Å². The molecule has 0 saturated carbocycles. The number of rotatable bonds is 6. The van der Waals surface area contributed by atoms with E-state index in [0.717, 1.165) is 23.3 Å². The Morgan fingerprint density at radius 3 is 2.62 bits per heavy atom. The van der Waals surface area contributed by atoms with Gasteiger partial charge in [-0.15, -0.1) is 0 Å². The van der Waals surface area contributed by atoms with E-state index in [-0.39, 0.29) is 0 Å². The maximum absolute atomic E-state index is 5.95. The first kappa shape index (κ1) is 16.1. The van der Waals surface area contributed by atoms with Crippen LogP contribution in [0.5, 0.6) is 5.75 Å². The van der Waals surface area contributed by atoms with Gasteiger partial charge in [-0.25, -0.2) is 0 Å². The average molecular weight is 348 g/mol. The van der Waals surface area contributed by atoms with E-state index in [2.05, 4.69) is 72.3 Å². The summed E-state index contributed by atoms with van der Waals surface area (Å²) in [5, 5.41) is 3.32. The average Bonchev–Trinajstić information content (AvgIpc) is 2.47. The van der Waals surface area contributed by atoms with E-state index >= 15 is 0 Å². The van der Waals surface area contributed by atoms with E-state index in [0.29, 0.717) is 6.61 Å². The topological polar surface area (TPSA) is 21.3 Å². The molecule has 0 aliphatic heterocycles. The summed E-state index contributed by atoms with van der Waals surface area (Å²) in [5.41, 5.74) is 5.01. The second-order valence-electron chi connectivity index (χ2n) is 5.26. The molecule has 0 atom stereocenters. The van der Waals surface area contributed by atoms with E-state index in [4.69, 9.17) is 4.74 Å².